The highest BCUT2D eigenvalue weighted by molar-refractivity contribution is 7.98. The number of nitriles is 1. The van der Waals surface area contributed by atoms with E-state index in [0.717, 1.165) is 22.3 Å². The number of benzene rings is 3. The number of aliphatic hydroxyl groups excluding tert-OH is 1. The fourth-order valence-corrected chi connectivity index (χ4v) is 4.20. The van der Waals surface area contributed by atoms with Crippen LogP contribution in [0.5, 0.6) is 11.5 Å². The van der Waals surface area contributed by atoms with Crippen LogP contribution in [0.3, 0.4) is 0 Å². The van der Waals surface area contributed by atoms with Gasteiger partial charge in [-0.2, -0.15) is 5.26 Å². The van der Waals surface area contributed by atoms with Crippen LogP contribution in [0.25, 0.3) is 22.6 Å². The lowest BCUT2D eigenvalue weighted by Gasteiger charge is -2.25. The Bertz CT molecular complexity index is 1310. The minimum atomic E-state index is -0.388. The average molecular weight is 458 g/mol. The molecule has 33 heavy (non-hydrogen) atoms. The summed E-state index contributed by atoms with van der Waals surface area (Å²) in [6, 6.07) is 23.3. The molecule has 0 saturated heterocycles. The van der Waals surface area contributed by atoms with Crippen LogP contribution in [0.4, 0.5) is 0 Å². The minimum absolute atomic E-state index is 0.114. The molecule has 7 nitrogen and oxygen atoms in total. The number of ether oxygens (including phenoxy) is 2. The summed E-state index contributed by atoms with van der Waals surface area (Å²) in [6.45, 7) is 0.201. The second kappa shape index (κ2) is 9.36. The number of aromatic nitrogens is 2. The van der Waals surface area contributed by atoms with Gasteiger partial charge in [-0.3, -0.25) is 0 Å². The molecule has 1 aromatic heterocycles. The quantitative estimate of drug-likeness (QED) is 0.416. The smallest absolute Gasteiger partial charge is 0.277 e. The maximum atomic E-state index is 9.31. The van der Waals surface area contributed by atoms with Crippen molar-refractivity contribution in [1.29, 1.82) is 5.26 Å². The van der Waals surface area contributed by atoms with Crippen molar-refractivity contribution < 1.29 is 19.0 Å². The van der Waals surface area contributed by atoms with E-state index in [0.29, 0.717) is 40.5 Å². The molecule has 1 atom stereocenters. The van der Waals surface area contributed by atoms with Crippen LogP contribution in [0.2, 0.25) is 0 Å². The van der Waals surface area contributed by atoms with Crippen LogP contribution < -0.4 is 9.47 Å². The molecule has 0 saturated carbocycles. The second-order valence-corrected chi connectivity index (χ2v) is 8.34. The van der Waals surface area contributed by atoms with Crippen LogP contribution in [-0.4, -0.2) is 34.6 Å². The molecule has 0 bridgehead atoms. The van der Waals surface area contributed by atoms with Gasteiger partial charge in [-0.25, -0.2) is 0 Å². The summed E-state index contributed by atoms with van der Waals surface area (Å²) in [5.74, 6) is 2.22. The zero-order valence-electron chi connectivity index (χ0n) is 17.5. The molecule has 8 heteroatoms. The lowest BCUT2D eigenvalue weighted by atomic mass is 10.00. The van der Waals surface area contributed by atoms with Crippen LogP contribution >= 0.6 is 11.8 Å². The van der Waals surface area contributed by atoms with Crippen molar-refractivity contribution in [2.75, 3.05) is 13.2 Å². The first-order valence-corrected chi connectivity index (χ1v) is 11.3. The maximum Gasteiger partial charge on any atom is 0.277 e. The van der Waals surface area contributed by atoms with E-state index in [2.05, 4.69) is 16.3 Å². The zero-order valence-corrected chi connectivity index (χ0v) is 18.3. The third-order valence-corrected chi connectivity index (χ3v) is 6.08. The number of hydrogen-bond donors (Lipinski definition) is 1. The van der Waals surface area contributed by atoms with Crippen molar-refractivity contribution in [2.45, 2.75) is 17.1 Å². The molecule has 1 unspecified atom stereocenters. The third kappa shape index (κ3) is 4.55. The highest BCUT2D eigenvalue weighted by atomic mass is 32.2. The second-order valence-electron chi connectivity index (χ2n) is 7.41. The first-order chi connectivity index (χ1) is 16.2. The molecule has 0 aliphatic carbocycles. The Morgan fingerprint density at radius 3 is 2.64 bits per heavy atom. The SMILES string of the molecule is N#Cc1ccccc1-c1ccc(CSc2nnc(-c3ccc4c(c3)OC(CO)CO4)o2)cc1. The molecule has 5 rings (SSSR count). The van der Waals surface area contributed by atoms with Crippen molar-refractivity contribution in [2.24, 2.45) is 0 Å². The predicted octanol–water partition coefficient (Wildman–Crippen LogP) is 4.70. The molecule has 0 radical (unpaired) electrons. The van der Waals surface area contributed by atoms with Gasteiger partial charge in [-0.1, -0.05) is 54.2 Å². The third-order valence-electron chi connectivity index (χ3n) is 5.19. The first-order valence-electron chi connectivity index (χ1n) is 10.3. The van der Waals surface area contributed by atoms with Gasteiger partial charge in [0, 0.05) is 11.3 Å². The Kier molecular flexibility index (Phi) is 5.98. The number of fused-ring (bicyclic) bond motifs is 1. The molecule has 1 aliphatic rings. The fraction of sp³-hybridized carbons (Fsp3) is 0.160. The Hall–Kier alpha value is -3.80. The van der Waals surface area contributed by atoms with Gasteiger partial charge in [0.1, 0.15) is 6.61 Å². The van der Waals surface area contributed by atoms with E-state index in [1.807, 2.05) is 54.6 Å². The molecule has 1 N–H and O–H groups in total. The van der Waals surface area contributed by atoms with E-state index in [-0.39, 0.29) is 12.7 Å². The molecule has 0 spiro atoms. The van der Waals surface area contributed by atoms with Crippen LogP contribution in [0.1, 0.15) is 11.1 Å². The Balaban J connectivity index is 1.25. The summed E-state index contributed by atoms with van der Waals surface area (Å²) in [7, 11) is 0. The van der Waals surface area contributed by atoms with E-state index in [4.69, 9.17) is 13.9 Å². The normalized spacial score (nSPS) is 14.6. The van der Waals surface area contributed by atoms with Gasteiger partial charge >= 0.3 is 0 Å². The van der Waals surface area contributed by atoms with Crippen molar-refractivity contribution in [3.63, 3.8) is 0 Å². The number of aliphatic hydroxyl groups is 1. The standard InChI is InChI=1S/C25H19N3O4S/c26-12-19-3-1-2-4-21(19)17-7-5-16(6-8-17)15-33-25-28-27-24(32-25)18-9-10-22-23(11-18)31-20(13-29)14-30-22/h1-11,20,29H,13-15H2. The van der Waals surface area contributed by atoms with Crippen molar-refractivity contribution in [1.82, 2.24) is 10.2 Å². The van der Waals surface area contributed by atoms with E-state index in [1.165, 1.54) is 11.8 Å². The van der Waals surface area contributed by atoms with Crippen molar-refractivity contribution in [3.05, 3.63) is 77.9 Å². The number of rotatable bonds is 6. The lowest BCUT2D eigenvalue weighted by Crippen LogP contribution is -2.32. The van der Waals surface area contributed by atoms with Gasteiger partial charge in [0.2, 0.25) is 5.89 Å². The monoisotopic (exact) mass is 457 g/mol. The molecule has 2 heterocycles. The lowest BCUT2D eigenvalue weighted by molar-refractivity contribution is 0.0457. The molecule has 4 aromatic rings. The number of nitrogens with zero attached hydrogens (tertiary/aromatic N) is 3. The molecule has 0 amide bonds. The predicted molar refractivity (Wildman–Crippen MR) is 123 cm³/mol. The summed E-state index contributed by atoms with van der Waals surface area (Å²) in [5, 5.41) is 27.4. The van der Waals surface area contributed by atoms with E-state index in [1.54, 1.807) is 12.1 Å². The first kappa shape index (κ1) is 21.1. The van der Waals surface area contributed by atoms with Gasteiger partial charge in [0.15, 0.2) is 17.6 Å². The molecule has 0 fully saturated rings. The Morgan fingerprint density at radius 2 is 1.82 bits per heavy atom. The molecule has 3 aromatic carbocycles. The fourth-order valence-electron chi connectivity index (χ4n) is 3.48. The van der Waals surface area contributed by atoms with Gasteiger partial charge in [-0.15, -0.1) is 10.2 Å². The average Bonchev–Trinajstić information content (AvgIpc) is 3.36. The van der Waals surface area contributed by atoms with Gasteiger partial charge in [0.25, 0.3) is 5.22 Å². The zero-order chi connectivity index (χ0) is 22.6. The van der Waals surface area contributed by atoms with Crippen LogP contribution in [0.15, 0.2) is 76.4 Å². The molecule has 1 aliphatic heterocycles. The van der Waals surface area contributed by atoms with Crippen LogP contribution in [0, 0.1) is 11.3 Å². The summed E-state index contributed by atoms with van der Waals surface area (Å²) in [4.78, 5) is 0. The topological polar surface area (TPSA) is 101 Å². The van der Waals surface area contributed by atoms with Gasteiger partial charge in [-0.05, 0) is 41.0 Å². The van der Waals surface area contributed by atoms with Crippen molar-refractivity contribution >= 4 is 11.8 Å². The van der Waals surface area contributed by atoms with E-state index >= 15 is 0 Å². The molecular formula is C25H19N3O4S. The number of thioether (sulfide) groups is 1. The van der Waals surface area contributed by atoms with Gasteiger partial charge in [0.05, 0.1) is 18.2 Å². The molecule has 164 valence electrons. The van der Waals surface area contributed by atoms with Crippen LogP contribution in [-0.2, 0) is 5.75 Å². The van der Waals surface area contributed by atoms with Crippen molar-refractivity contribution in [3.8, 4) is 40.1 Å². The van der Waals surface area contributed by atoms with E-state index in [9.17, 15) is 10.4 Å². The number of hydrogen-bond acceptors (Lipinski definition) is 8. The van der Waals surface area contributed by atoms with E-state index < -0.39 is 0 Å². The molecular weight excluding hydrogens is 438 g/mol. The largest absolute Gasteiger partial charge is 0.486 e. The maximum absolute atomic E-state index is 9.31. The highest BCUT2D eigenvalue weighted by Crippen LogP contribution is 2.36. The van der Waals surface area contributed by atoms with Gasteiger partial charge < -0.3 is 19.0 Å². The Labute approximate surface area is 194 Å². The summed E-state index contributed by atoms with van der Waals surface area (Å²) in [5.41, 5.74) is 4.40. The summed E-state index contributed by atoms with van der Waals surface area (Å²) in [6.07, 6.45) is -0.388. The Morgan fingerprint density at radius 1 is 1.00 bits per heavy atom. The highest BCUT2D eigenvalue weighted by Gasteiger charge is 2.22. The minimum Gasteiger partial charge on any atom is -0.486 e. The summed E-state index contributed by atoms with van der Waals surface area (Å²) >= 11 is 1.45. The summed E-state index contributed by atoms with van der Waals surface area (Å²) < 4.78 is 17.1.